The number of carbonyl (C=O) groups excluding carboxylic acids is 3. The van der Waals surface area contributed by atoms with E-state index in [0.717, 1.165) is 18.4 Å². The number of nitrogens with one attached hydrogen (secondary N) is 3. The molecular weight excluding hydrogens is 354 g/mol. The zero-order valence-corrected chi connectivity index (χ0v) is 14.9. The molecule has 1 saturated heterocycles. The standard InChI is InChI=1S/C19H20ClN3O3/c20-14-7-3-6-12(8-14)15(11-4-1-2-5-11)21-16(24)13-9-19(10-13)17(25)22-18(26)23-19/h1-3,6-8,11,13,15H,4-5,9-10H2,(H,21,24)(H2,22,23,25,26). The molecule has 3 aliphatic rings. The number of rotatable bonds is 4. The summed E-state index contributed by atoms with van der Waals surface area (Å²) in [4.78, 5) is 36.0. The minimum atomic E-state index is -0.903. The molecule has 1 saturated carbocycles. The molecule has 1 heterocycles. The fraction of sp³-hybridized carbons (Fsp3) is 0.421. The van der Waals surface area contributed by atoms with Crippen molar-refractivity contribution >= 4 is 29.4 Å². The van der Waals surface area contributed by atoms with Crippen molar-refractivity contribution < 1.29 is 14.4 Å². The highest BCUT2D eigenvalue weighted by Crippen LogP contribution is 2.41. The molecule has 1 aliphatic heterocycles. The number of hydrogen-bond donors (Lipinski definition) is 3. The van der Waals surface area contributed by atoms with Crippen LogP contribution in [0.2, 0.25) is 5.02 Å². The van der Waals surface area contributed by atoms with Gasteiger partial charge in [-0.05, 0) is 49.3 Å². The van der Waals surface area contributed by atoms with Crippen LogP contribution in [-0.2, 0) is 9.59 Å². The van der Waals surface area contributed by atoms with Crippen molar-refractivity contribution in [3.05, 3.63) is 47.0 Å². The monoisotopic (exact) mass is 373 g/mol. The Hall–Kier alpha value is -2.34. The highest BCUT2D eigenvalue weighted by Gasteiger charge is 2.57. The second-order valence-electron chi connectivity index (χ2n) is 7.34. The lowest BCUT2D eigenvalue weighted by molar-refractivity contribution is -0.137. The average molecular weight is 374 g/mol. The van der Waals surface area contributed by atoms with Crippen LogP contribution in [0.3, 0.4) is 0 Å². The molecule has 6 nitrogen and oxygen atoms in total. The molecule has 1 spiro atoms. The van der Waals surface area contributed by atoms with Gasteiger partial charge in [0.1, 0.15) is 5.54 Å². The molecule has 26 heavy (non-hydrogen) atoms. The Bertz CT molecular complexity index is 793. The van der Waals surface area contributed by atoms with Crippen LogP contribution in [0.5, 0.6) is 0 Å². The maximum atomic E-state index is 12.8. The third kappa shape index (κ3) is 2.98. The predicted molar refractivity (Wildman–Crippen MR) is 96.3 cm³/mol. The lowest BCUT2D eigenvalue weighted by atomic mass is 9.67. The Kier molecular flexibility index (Phi) is 4.23. The van der Waals surface area contributed by atoms with Crippen molar-refractivity contribution in [1.29, 1.82) is 0 Å². The van der Waals surface area contributed by atoms with Crippen molar-refractivity contribution in [2.24, 2.45) is 11.8 Å². The number of allylic oxidation sites excluding steroid dienone is 2. The van der Waals surface area contributed by atoms with Gasteiger partial charge >= 0.3 is 6.03 Å². The molecule has 4 amide bonds. The van der Waals surface area contributed by atoms with Crippen molar-refractivity contribution in [1.82, 2.24) is 16.0 Å². The molecule has 0 aromatic heterocycles. The average Bonchev–Trinajstić information content (AvgIpc) is 3.18. The second kappa shape index (κ2) is 6.43. The molecule has 1 unspecified atom stereocenters. The van der Waals surface area contributed by atoms with E-state index in [2.05, 4.69) is 28.1 Å². The van der Waals surface area contributed by atoms with E-state index in [4.69, 9.17) is 11.6 Å². The number of carbonyl (C=O) groups is 3. The number of amides is 4. The molecule has 2 aliphatic carbocycles. The first-order chi connectivity index (χ1) is 12.5. The zero-order valence-electron chi connectivity index (χ0n) is 14.1. The number of hydrogen-bond acceptors (Lipinski definition) is 3. The van der Waals surface area contributed by atoms with Crippen LogP contribution in [0.4, 0.5) is 4.79 Å². The topological polar surface area (TPSA) is 87.3 Å². The first-order valence-corrected chi connectivity index (χ1v) is 9.19. The van der Waals surface area contributed by atoms with Gasteiger partial charge in [-0.15, -0.1) is 0 Å². The molecule has 0 bridgehead atoms. The smallest absolute Gasteiger partial charge is 0.322 e. The van der Waals surface area contributed by atoms with Crippen LogP contribution >= 0.6 is 11.6 Å². The second-order valence-corrected chi connectivity index (χ2v) is 7.78. The van der Waals surface area contributed by atoms with Gasteiger partial charge in [0.05, 0.1) is 6.04 Å². The summed E-state index contributed by atoms with van der Waals surface area (Å²) in [7, 11) is 0. The number of benzene rings is 1. The fourth-order valence-electron chi connectivity index (χ4n) is 4.14. The molecule has 3 N–H and O–H groups in total. The molecule has 1 aromatic carbocycles. The maximum absolute atomic E-state index is 12.8. The summed E-state index contributed by atoms with van der Waals surface area (Å²) in [6, 6.07) is 6.95. The van der Waals surface area contributed by atoms with Crippen molar-refractivity contribution in [2.75, 3.05) is 0 Å². The zero-order chi connectivity index (χ0) is 18.3. The van der Waals surface area contributed by atoms with Gasteiger partial charge in [0.2, 0.25) is 5.91 Å². The fourth-order valence-corrected chi connectivity index (χ4v) is 4.34. The molecule has 1 aromatic rings. The molecule has 2 fully saturated rings. The minimum absolute atomic E-state index is 0.0820. The van der Waals surface area contributed by atoms with Gasteiger partial charge in [-0.2, -0.15) is 0 Å². The molecule has 1 atom stereocenters. The van der Waals surface area contributed by atoms with Crippen LogP contribution in [0.1, 0.15) is 37.3 Å². The van der Waals surface area contributed by atoms with Crippen molar-refractivity contribution in [2.45, 2.75) is 37.3 Å². The third-order valence-corrected chi connectivity index (χ3v) is 5.83. The Morgan fingerprint density at radius 1 is 1.23 bits per heavy atom. The first kappa shape index (κ1) is 17.1. The molecule has 4 rings (SSSR count). The SMILES string of the molecule is O=C1NC(=O)C2(CC(C(=O)NC(c3cccc(Cl)c3)C3CC=CC3)C2)N1. The summed E-state index contributed by atoms with van der Waals surface area (Å²) in [5.41, 5.74) is 0.0834. The van der Waals surface area contributed by atoms with Crippen LogP contribution < -0.4 is 16.0 Å². The van der Waals surface area contributed by atoms with Crippen LogP contribution in [0, 0.1) is 11.8 Å². The van der Waals surface area contributed by atoms with Gasteiger partial charge in [-0.3, -0.25) is 14.9 Å². The summed E-state index contributed by atoms with van der Waals surface area (Å²) >= 11 is 6.13. The predicted octanol–water partition coefficient (Wildman–Crippen LogP) is 2.45. The van der Waals surface area contributed by atoms with E-state index in [9.17, 15) is 14.4 Å². The number of halogens is 1. The molecular formula is C19H20ClN3O3. The van der Waals surface area contributed by atoms with Gasteiger partial charge in [-0.1, -0.05) is 35.9 Å². The Labute approximate surface area is 156 Å². The van der Waals surface area contributed by atoms with Gasteiger partial charge in [0.15, 0.2) is 0 Å². The lowest BCUT2D eigenvalue weighted by Gasteiger charge is -2.42. The van der Waals surface area contributed by atoms with E-state index in [-0.39, 0.29) is 23.8 Å². The Balaban J connectivity index is 1.45. The quantitative estimate of drug-likeness (QED) is 0.559. The first-order valence-electron chi connectivity index (χ1n) is 8.81. The Morgan fingerprint density at radius 2 is 1.96 bits per heavy atom. The summed E-state index contributed by atoms with van der Waals surface area (Å²) in [5, 5.41) is 8.68. The number of urea groups is 1. The molecule has 136 valence electrons. The summed E-state index contributed by atoms with van der Waals surface area (Å²) in [6.07, 6.45) is 6.74. The van der Waals surface area contributed by atoms with E-state index < -0.39 is 11.6 Å². The summed E-state index contributed by atoms with van der Waals surface area (Å²) in [5.74, 6) is -0.407. The molecule has 7 heteroatoms. The maximum Gasteiger partial charge on any atom is 0.322 e. The van der Waals surface area contributed by atoms with E-state index >= 15 is 0 Å². The normalized spacial score (nSPS) is 28.6. The third-order valence-electron chi connectivity index (χ3n) is 5.60. The highest BCUT2D eigenvalue weighted by atomic mass is 35.5. The van der Waals surface area contributed by atoms with Gasteiger partial charge in [0.25, 0.3) is 5.91 Å². The van der Waals surface area contributed by atoms with E-state index in [1.165, 1.54) is 0 Å². The van der Waals surface area contributed by atoms with Crippen molar-refractivity contribution in [3.8, 4) is 0 Å². The van der Waals surface area contributed by atoms with Gasteiger partial charge in [-0.25, -0.2) is 4.79 Å². The minimum Gasteiger partial charge on any atom is -0.349 e. The lowest BCUT2D eigenvalue weighted by Crippen LogP contribution is -2.60. The highest BCUT2D eigenvalue weighted by molar-refractivity contribution is 6.30. The summed E-state index contributed by atoms with van der Waals surface area (Å²) < 4.78 is 0. The van der Waals surface area contributed by atoms with Crippen LogP contribution in [0.15, 0.2) is 36.4 Å². The Morgan fingerprint density at radius 3 is 2.58 bits per heavy atom. The van der Waals surface area contributed by atoms with Crippen LogP contribution in [-0.4, -0.2) is 23.4 Å². The largest absolute Gasteiger partial charge is 0.349 e. The van der Waals surface area contributed by atoms with Gasteiger partial charge in [0, 0.05) is 10.9 Å². The summed E-state index contributed by atoms with van der Waals surface area (Å²) in [6.45, 7) is 0. The molecule has 0 radical (unpaired) electrons. The van der Waals surface area contributed by atoms with Crippen LogP contribution in [0.25, 0.3) is 0 Å². The van der Waals surface area contributed by atoms with E-state index in [1.807, 2.05) is 24.3 Å². The van der Waals surface area contributed by atoms with Crippen molar-refractivity contribution in [3.63, 3.8) is 0 Å². The van der Waals surface area contributed by atoms with E-state index in [0.29, 0.717) is 23.8 Å². The van der Waals surface area contributed by atoms with E-state index in [1.54, 1.807) is 0 Å². The number of imide groups is 1. The van der Waals surface area contributed by atoms with Gasteiger partial charge < -0.3 is 10.6 Å².